The lowest BCUT2D eigenvalue weighted by atomic mass is 9.95. The zero-order chi connectivity index (χ0) is 19.6. The van der Waals surface area contributed by atoms with E-state index in [1.165, 1.54) is 4.90 Å². The molecule has 0 atom stereocenters. The predicted molar refractivity (Wildman–Crippen MR) is 109 cm³/mol. The van der Waals surface area contributed by atoms with Crippen LogP contribution in [-0.2, 0) is 15.0 Å². The molecule has 142 valence electrons. The van der Waals surface area contributed by atoms with Crippen LogP contribution >= 0.6 is 11.8 Å². The molecule has 1 saturated carbocycles. The Bertz CT molecular complexity index is 937. The van der Waals surface area contributed by atoms with E-state index in [0.717, 1.165) is 35.7 Å². The van der Waals surface area contributed by atoms with Crippen molar-refractivity contribution >= 4 is 34.9 Å². The molecule has 1 aliphatic heterocycles. The van der Waals surface area contributed by atoms with Crippen LogP contribution in [0.1, 0.15) is 24.0 Å². The van der Waals surface area contributed by atoms with Gasteiger partial charge in [-0.05, 0) is 41.8 Å². The molecule has 1 aliphatic carbocycles. The molecular formula is C22H20N2O3S. The summed E-state index contributed by atoms with van der Waals surface area (Å²) < 4.78 is 0. The van der Waals surface area contributed by atoms with Crippen molar-refractivity contribution in [1.82, 2.24) is 10.2 Å². The Kier molecular flexibility index (Phi) is 5.05. The molecule has 5 nitrogen and oxygen atoms in total. The van der Waals surface area contributed by atoms with Gasteiger partial charge in [-0.2, -0.15) is 0 Å². The van der Waals surface area contributed by atoms with E-state index in [0.29, 0.717) is 4.91 Å². The number of rotatable bonds is 6. The average molecular weight is 392 g/mol. The number of amides is 3. The van der Waals surface area contributed by atoms with Crippen molar-refractivity contribution in [2.24, 2.45) is 0 Å². The molecule has 3 amide bonds. The summed E-state index contributed by atoms with van der Waals surface area (Å²) in [6.07, 6.45) is 3.37. The second-order valence-electron chi connectivity index (χ2n) is 6.95. The summed E-state index contributed by atoms with van der Waals surface area (Å²) in [5, 5.41) is 2.60. The smallest absolute Gasteiger partial charge is 0.293 e. The van der Waals surface area contributed by atoms with Gasteiger partial charge in [0.25, 0.3) is 11.1 Å². The summed E-state index contributed by atoms with van der Waals surface area (Å²) in [5.41, 5.74) is 1.44. The number of carbonyl (C=O) groups excluding carboxylic acids is 3. The Hall–Kier alpha value is -2.86. The number of benzene rings is 2. The van der Waals surface area contributed by atoms with Crippen LogP contribution in [0.5, 0.6) is 0 Å². The summed E-state index contributed by atoms with van der Waals surface area (Å²) in [6.45, 7) is 0.428. The number of carbonyl (C=O) groups is 3. The fourth-order valence-electron chi connectivity index (χ4n) is 3.37. The Morgan fingerprint density at radius 1 is 1.04 bits per heavy atom. The number of hydrogen-bond acceptors (Lipinski definition) is 4. The molecule has 2 aromatic rings. The number of nitrogens with zero attached hydrogens (tertiary/aromatic N) is 1. The standard InChI is InChI=1S/C22H20N2O3S/c25-19-18(15-16-7-3-1-4-8-16)28-21(27)24(19)14-13-23-20(26)22(11-12-22)17-9-5-2-6-10-17/h1-10,15H,11-14H2,(H,23,26)/b18-15-. The summed E-state index contributed by atoms with van der Waals surface area (Å²) in [5.74, 6) is -0.345. The van der Waals surface area contributed by atoms with Crippen LogP contribution in [-0.4, -0.2) is 35.0 Å². The van der Waals surface area contributed by atoms with Gasteiger partial charge in [-0.3, -0.25) is 19.3 Å². The van der Waals surface area contributed by atoms with Crippen molar-refractivity contribution in [2.75, 3.05) is 13.1 Å². The molecule has 0 bridgehead atoms. The zero-order valence-electron chi connectivity index (χ0n) is 15.3. The lowest BCUT2D eigenvalue weighted by Crippen LogP contribution is -2.41. The van der Waals surface area contributed by atoms with Gasteiger partial charge in [0.15, 0.2) is 0 Å². The summed E-state index contributed by atoms with van der Waals surface area (Å²) >= 11 is 0.936. The largest absolute Gasteiger partial charge is 0.354 e. The van der Waals surface area contributed by atoms with E-state index in [2.05, 4.69) is 5.32 Å². The monoisotopic (exact) mass is 392 g/mol. The average Bonchev–Trinajstić information content (AvgIpc) is 3.49. The van der Waals surface area contributed by atoms with Crippen molar-refractivity contribution in [1.29, 1.82) is 0 Å². The van der Waals surface area contributed by atoms with Crippen LogP contribution in [0.4, 0.5) is 4.79 Å². The van der Waals surface area contributed by atoms with Gasteiger partial charge in [0.2, 0.25) is 5.91 Å². The van der Waals surface area contributed by atoms with E-state index in [1.54, 1.807) is 6.08 Å². The maximum Gasteiger partial charge on any atom is 0.293 e. The number of hydrogen-bond donors (Lipinski definition) is 1. The first-order valence-electron chi connectivity index (χ1n) is 9.24. The second kappa shape index (κ2) is 7.64. The van der Waals surface area contributed by atoms with Gasteiger partial charge in [-0.15, -0.1) is 0 Å². The lowest BCUT2D eigenvalue weighted by molar-refractivity contribution is -0.125. The lowest BCUT2D eigenvalue weighted by Gasteiger charge is -2.17. The Balaban J connectivity index is 1.35. The van der Waals surface area contributed by atoms with Gasteiger partial charge in [0.1, 0.15) is 0 Å². The highest BCUT2D eigenvalue weighted by Crippen LogP contribution is 2.48. The predicted octanol–water partition coefficient (Wildman–Crippen LogP) is 3.57. The minimum absolute atomic E-state index is 0.0366. The van der Waals surface area contributed by atoms with Crippen molar-refractivity contribution in [3.63, 3.8) is 0 Å². The Morgan fingerprint density at radius 2 is 1.68 bits per heavy atom. The summed E-state index contributed by atoms with van der Waals surface area (Å²) in [6, 6.07) is 19.2. The van der Waals surface area contributed by atoms with Crippen LogP contribution in [0.15, 0.2) is 65.6 Å². The molecular weight excluding hydrogens is 372 g/mol. The third-order valence-electron chi connectivity index (χ3n) is 5.10. The first-order valence-corrected chi connectivity index (χ1v) is 10.1. The van der Waals surface area contributed by atoms with Crippen molar-refractivity contribution in [3.8, 4) is 0 Å². The molecule has 0 unspecified atom stereocenters. The summed E-state index contributed by atoms with van der Waals surface area (Å²) in [4.78, 5) is 39.0. The zero-order valence-corrected chi connectivity index (χ0v) is 16.1. The van der Waals surface area contributed by atoms with E-state index in [9.17, 15) is 14.4 Å². The topological polar surface area (TPSA) is 66.5 Å². The van der Waals surface area contributed by atoms with Gasteiger partial charge in [0, 0.05) is 13.1 Å². The molecule has 2 aromatic carbocycles. The van der Waals surface area contributed by atoms with Gasteiger partial charge in [-0.1, -0.05) is 60.7 Å². The molecule has 2 fully saturated rings. The molecule has 0 spiro atoms. The highest BCUT2D eigenvalue weighted by molar-refractivity contribution is 8.18. The van der Waals surface area contributed by atoms with Crippen LogP contribution in [0, 0.1) is 0 Å². The van der Waals surface area contributed by atoms with E-state index >= 15 is 0 Å². The van der Waals surface area contributed by atoms with Gasteiger partial charge in [0.05, 0.1) is 10.3 Å². The molecule has 6 heteroatoms. The van der Waals surface area contributed by atoms with E-state index in [1.807, 2.05) is 60.7 Å². The Morgan fingerprint density at radius 3 is 2.32 bits per heavy atom. The molecule has 1 N–H and O–H groups in total. The number of imide groups is 1. The minimum Gasteiger partial charge on any atom is -0.354 e. The van der Waals surface area contributed by atoms with Crippen LogP contribution in [0.2, 0.25) is 0 Å². The summed E-state index contributed by atoms with van der Waals surface area (Å²) in [7, 11) is 0. The van der Waals surface area contributed by atoms with Gasteiger partial charge < -0.3 is 5.32 Å². The minimum atomic E-state index is -0.451. The van der Waals surface area contributed by atoms with E-state index in [-0.39, 0.29) is 30.1 Å². The van der Waals surface area contributed by atoms with E-state index in [4.69, 9.17) is 0 Å². The van der Waals surface area contributed by atoms with Crippen molar-refractivity contribution < 1.29 is 14.4 Å². The first-order chi connectivity index (χ1) is 13.6. The first kappa shape index (κ1) is 18.5. The van der Waals surface area contributed by atoms with Crippen molar-refractivity contribution in [2.45, 2.75) is 18.3 Å². The van der Waals surface area contributed by atoms with Crippen LogP contribution in [0.3, 0.4) is 0 Å². The van der Waals surface area contributed by atoms with Gasteiger partial charge in [-0.25, -0.2) is 0 Å². The maximum absolute atomic E-state index is 12.7. The SMILES string of the molecule is O=C1S/C(=C\c2ccccc2)C(=O)N1CCNC(=O)C1(c2ccccc2)CC1. The third kappa shape index (κ3) is 3.60. The number of thioether (sulfide) groups is 1. The highest BCUT2D eigenvalue weighted by Gasteiger charge is 2.51. The second-order valence-corrected chi connectivity index (χ2v) is 7.94. The van der Waals surface area contributed by atoms with E-state index < -0.39 is 5.41 Å². The fourth-order valence-corrected chi connectivity index (χ4v) is 4.24. The normalized spacial score (nSPS) is 19.1. The molecule has 0 aromatic heterocycles. The molecule has 28 heavy (non-hydrogen) atoms. The maximum atomic E-state index is 12.7. The third-order valence-corrected chi connectivity index (χ3v) is 6.01. The number of nitrogens with one attached hydrogen (secondary N) is 1. The molecule has 2 aliphatic rings. The van der Waals surface area contributed by atoms with Crippen LogP contribution in [0.25, 0.3) is 6.08 Å². The fraction of sp³-hybridized carbons (Fsp3) is 0.227. The highest BCUT2D eigenvalue weighted by atomic mass is 32.2. The molecule has 1 heterocycles. The van der Waals surface area contributed by atoms with Gasteiger partial charge >= 0.3 is 0 Å². The molecule has 4 rings (SSSR count). The molecule has 0 radical (unpaired) electrons. The quantitative estimate of drug-likeness (QED) is 0.763. The molecule has 1 saturated heterocycles. The van der Waals surface area contributed by atoms with Crippen molar-refractivity contribution in [3.05, 3.63) is 76.7 Å². The van der Waals surface area contributed by atoms with Crippen LogP contribution < -0.4 is 5.32 Å². The Labute approximate surface area is 167 Å².